The molecule has 0 saturated carbocycles. The SMILES string of the molecule is CCOC(C)(C)C(NC)c1c(F)ccc(Br)c1F. The number of benzene rings is 1. The zero-order chi connectivity index (χ0) is 13.9. The Morgan fingerprint density at radius 2 is 2.00 bits per heavy atom. The predicted molar refractivity (Wildman–Crippen MR) is 71.6 cm³/mol. The van der Waals surface area contributed by atoms with E-state index in [1.807, 2.05) is 6.92 Å². The van der Waals surface area contributed by atoms with Crippen LogP contribution >= 0.6 is 15.9 Å². The number of likely N-dealkylation sites (N-methyl/N-ethyl adjacent to an activating group) is 1. The van der Waals surface area contributed by atoms with E-state index in [1.54, 1.807) is 20.9 Å². The average molecular weight is 322 g/mol. The number of nitrogens with one attached hydrogen (secondary N) is 1. The van der Waals surface area contributed by atoms with Crippen LogP contribution in [0.15, 0.2) is 16.6 Å². The topological polar surface area (TPSA) is 21.3 Å². The molecule has 1 N–H and O–H groups in total. The zero-order valence-electron chi connectivity index (χ0n) is 11.0. The standard InChI is InChI=1S/C13H18BrF2NO/c1-5-18-13(2,3)12(17-4)10-9(15)7-6-8(14)11(10)16/h6-7,12,17H,5H2,1-4H3. The Kier molecular flexibility index (Phi) is 5.25. The van der Waals surface area contributed by atoms with Crippen molar-refractivity contribution >= 4 is 15.9 Å². The maximum absolute atomic E-state index is 14.1. The highest BCUT2D eigenvalue weighted by atomic mass is 79.9. The van der Waals surface area contributed by atoms with E-state index < -0.39 is 23.3 Å². The first kappa shape index (κ1) is 15.5. The highest BCUT2D eigenvalue weighted by Gasteiger charge is 2.34. The van der Waals surface area contributed by atoms with Crippen molar-refractivity contribution in [1.29, 1.82) is 0 Å². The molecule has 1 aromatic rings. The molecule has 0 saturated heterocycles. The molecule has 0 aliphatic rings. The quantitative estimate of drug-likeness (QED) is 0.833. The molecule has 1 unspecified atom stereocenters. The summed E-state index contributed by atoms with van der Waals surface area (Å²) in [6, 6.07) is 2.03. The molecule has 0 amide bonds. The molecule has 1 aromatic carbocycles. The minimum atomic E-state index is -0.716. The Labute approximate surface area is 115 Å². The minimum Gasteiger partial charge on any atom is -0.374 e. The molecular formula is C13H18BrF2NO. The van der Waals surface area contributed by atoms with Crippen LogP contribution in [0.25, 0.3) is 0 Å². The first-order valence-corrected chi connectivity index (χ1v) is 6.59. The maximum Gasteiger partial charge on any atom is 0.145 e. The molecule has 1 rings (SSSR count). The van der Waals surface area contributed by atoms with Gasteiger partial charge in [-0.3, -0.25) is 0 Å². The fraction of sp³-hybridized carbons (Fsp3) is 0.538. The van der Waals surface area contributed by atoms with E-state index in [0.717, 1.165) is 0 Å². The fourth-order valence-corrected chi connectivity index (χ4v) is 2.45. The maximum atomic E-state index is 14.1. The van der Waals surface area contributed by atoms with E-state index in [9.17, 15) is 8.78 Å². The van der Waals surface area contributed by atoms with Crippen LogP contribution in [-0.2, 0) is 4.74 Å². The van der Waals surface area contributed by atoms with Crippen molar-refractivity contribution < 1.29 is 13.5 Å². The van der Waals surface area contributed by atoms with Gasteiger partial charge in [0.2, 0.25) is 0 Å². The van der Waals surface area contributed by atoms with Crippen LogP contribution in [0, 0.1) is 11.6 Å². The summed E-state index contributed by atoms with van der Waals surface area (Å²) >= 11 is 3.07. The summed E-state index contributed by atoms with van der Waals surface area (Å²) in [6.07, 6.45) is 0. The van der Waals surface area contributed by atoms with Gasteiger partial charge in [-0.25, -0.2) is 8.78 Å². The zero-order valence-corrected chi connectivity index (χ0v) is 12.6. The molecule has 1 atom stereocenters. The number of hydrogen-bond donors (Lipinski definition) is 1. The second kappa shape index (κ2) is 6.08. The van der Waals surface area contributed by atoms with Gasteiger partial charge in [0.25, 0.3) is 0 Å². The molecule has 0 bridgehead atoms. The largest absolute Gasteiger partial charge is 0.374 e. The van der Waals surface area contributed by atoms with Crippen LogP contribution in [0.5, 0.6) is 0 Å². The summed E-state index contributed by atoms with van der Waals surface area (Å²) in [7, 11) is 1.66. The van der Waals surface area contributed by atoms with E-state index >= 15 is 0 Å². The minimum absolute atomic E-state index is 0.00896. The highest BCUT2D eigenvalue weighted by molar-refractivity contribution is 9.10. The van der Waals surface area contributed by atoms with Gasteiger partial charge in [0.15, 0.2) is 0 Å². The normalized spacial score (nSPS) is 13.7. The van der Waals surface area contributed by atoms with Crippen molar-refractivity contribution in [2.75, 3.05) is 13.7 Å². The molecule has 0 aliphatic carbocycles. The Morgan fingerprint density at radius 3 is 2.50 bits per heavy atom. The summed E-state index contributed by atoms with van der Waals surface area (Å²) in [5, 5.41) is 2.93. The third kappa shape index (κ3) is 3.08. The van der Waals surface area contributed by atoms with Crippen molar-refractivity contribution in [3.05, 3.63) is 33.8 Å². The molecule has 0 fully saturated rings. The van der Waals surface area contributed by atoms with Crippen LogP contribution in [0.3, 0.4) is 0 Å². The Bertz CT molecular complexity index is 424. The van der Waals surface area contributed by atoms with Crippen molar-refractivity contribution in [1.82, 2.24) is 5.32 Å². The molecule has 18 heavy (non-hydrogen) atoms. The van der Waals surface area contributed by atoms with Crippen LogP contribution in [0.2, 0.25) is 0 Å². The molecule has 0 radical (unpaired) electrons. The van der Waals surface area contributed by atoms with Crippen molar-refractivity contribution in [3.63, 3.8) is 0 Å². The summed E-state index contributed by atoms with van der Waals surface area (Å²) in [5.41, 5.74) is -0.725. The lowest BCUT2D eigenvalue weighted by molar-refractivity contribution is -0.0391. The highest BCUT2D eigenvalue weighted by Crippen LogP contribution is 2.34. The Hall–Kier alpha value is -0.520. The number of ether oxygens (including phenoxy) is 1. The lowest BCUT2D eigenvalue weighted by Crippen LogP contribution is -2.41. The van der Waals surface area contributed by atoms with Gasteiger partial charge in [0.1, 0.15) is 11.6 Å². The predicted octanol–water partition coefficient (Wildman–Crippen LogP) is 3.80. The van der Waals surface area contributed by atoms with Crippen molar-refractivity contribution in [3.8, 4) is 0 Å². The first-order valence-electron chi connectivity index (χ1n) is 5.79. The van der Waals surface area contributed by atoms with Crippen molar-refractivity contribution in [2.24, 2.45) is 0 Å². The van der Waals surface area contributed by atoms with E-state index in [-0.39, 0.29) is 10.0 Å². The second-order valence-electron chi connectivity index (χ2n) is 4.52. The van der Waals surface area contributed by atoms with Gasteiger partial charge < -0.3 is 10.1 Å². The number of hydrogen-bond acceptors (Lipinski definition) is 2. The van der Waals surface area contributed by atoms with Gasteiger partial charge in [0.05, 0.1) is 16.1 Å². The van der Waals surface area contributed by atoms with Gasteiger partial charge >= 0.3 is 0 Å². The van der Waals surface area contributed by atoms with Gasteiger partial charge in [-0.05, 0) is 55.9 Å². The molecule has 102 valence electrons. The smallest absolute Gasteiger partial charge is 0.145 e. The van der Waals surface area contributed by atoms with Gasteiger partial charge in [-0.15, -0.1) is 0 Å². The molecule has 0 aliphatic heterocycles. The third-order valence-electron chi connectivity index (χ3n) is 2.87. The van der Waals surface area contributed by atoms with Gasteiger partial charge in [-0.1, -0.05) is 0 Å². The van der Waals surface area contributed by atoms with E-state index in [1.165, 1.54) is 12.1 Å². The third-order valence-corrected chi connectivity index (χ3v) is 3.48. The van der Waals surface area contributed by atoms with E-state index in [4.69, 9.17) is 4.74 Å². The molecule has 0 aromatic heterocycles. The summed E-state index contributed by atoms with van der Waals surface area (Å²) in [5.74, 6) is -1.18. The van der Waals surface area contributed by atoms with E-state index in [2.05, 4.69) is 21.2 Å². The van der Waals surface area contributed by atoms with Crippen molar-refractivity contribution in [2.45, 2.75) is 32.4 Å². The summed E-state index contributed by atoms with van der Waals surface area (Å²) in [6.45, 7) is 5.93. The fourth-order valence-electron chi connectivity index (χ4n) is 2.10. The van der Waals surface area contributed by atoms with Gasteiger partial charge in [0, 0.05) is 12.2 Å². The average Bonchev–Trinajstić information content (AvgIpc) is 2.29. The molecule has 0 spiro atoms. The first-order chi connectivity index (χ1) is 8.35. The van der Waals surface area contributed by atoms with Crippen LogP contribution in [-0.4, -0.2) is 19.3 Å². The van der Waals surface area contributed by atoms with Gasteiger partial charge in [-0.2, -0.15) is 0 Å². The monoisotopic (exact) mass is 321 g/mol. The van der Waals surface area contributed by atoms with Crippen LogP contribution < -0.4 is 5.32 Å². The number of rotatable bonds is 5. The lowest BCUT2D eigenvalue weighted by Gasteiger charge is -2.34. The summed E-state index contributed by atoms with van der Waals surface area (Å²) < 4.78 is 33.8. The summed E-state index contributed by atoms with van der Waals surface area (Å²) in [4.78, 5) is 0. The molecular weight excluding hydrogens is 304 g/mol. The second-order valence-corrected chi connectivity index (χ2v) is 5.37. The Balaban J connectivity index is 3.29. The molecule has 2 nitrogen and oxygen atoms in total. The van der Waals surface area contributed by atoms with Crippen LogP contribution in [0.4, 0.5) is 8.78 Å². The molecule has 0 heterocycles. The van der Waals surface area contributed by atoms with Crippen LogP contribution in [0.1, 0.15) is 32.4 Å². The molecule has 5 heteroatoms. The lowest BCUT2D eigenvalue weighted by atomic mass is 9.91. The van der Waals surface area contributed by atoms with E-state index in [0.29, 0.717) is 6.61 Å². The number of halogens is 3. The Morgan fingerprint density at radius 1 is 1.39 bits per heavy atom.